The van der Waals surface area contributed by atoms with Crippen molar-refractivity contribution >= 4 is 23.9 Å². The number of allylic oxidation sites excluding steroid dienone is 14. The van der Waals surface area contributed by atoms with E-state index in [1.807, 2.05) is 0 Å². The van der Waals surface area contributed by atoms with Crippen LogP contribution in [0.1, 0.15) is 169 Å². The largest absolute Gasteiger partial charge is 0.466 e. The molecule has 0 spiro atoms. The molecule has 0 unspecified atom stereocenters. The summed E-state index contributed by atoms with van der Waals surface area (Å²) >= 11 is 0. The number of rotatable bonds is 34. The van der Waals surface area contributed by atoms with Crippen LogP contribution in [-0.4, -0.2) is 49.3 Å². The SMILES string of the molecule is CC/C=C\C/C=C\C/C=C\C/C=C\C/C=C\C/C=C\CCCOC(=O)CCC/C=C\C[C@@H]1[C@@H](CC[C@H](CCCCCCC)COC(C)=O)[C@H](OC(C)=O)C[C@@H]1OC(C)=O. The van der Waals surface area contributed by atoms with Crippen molar-refractivity contribution in [2.75, 3.05) is 13.2 Å². The van der Waals surface area contributed by atoms with Gasteiger partial charge in [-0.2, -0.15) is 0 Å². The summed E-state index contributed by atoms with van der Waals surface area (Å²) in [7, 11) is 0. The molecule has 0 amide bonds. The summed E-state index contributed by atoms with van der Waals surface area (Å²) < 4.78 is 22.5. The van der Waals surface area contributed by atoms with E-state index in [0.29, 0.717) is 38.9 Å². The predicted octanol–water partition coefficient (Wildman–Crippen LogP) is 12.9. The molecular weight excluding hydrogens is 741 g/mol. The van der Waals surface area contributed by atoms with Gasteiger partial charge in [0, 0.05) is 45.4 Å². The van der Waals surface area contributed by atoms with Gasteiger partial charge in [0.1, 0.15) is 12.2 Å². The molecule has 8 heteroatoms. The van der Waals surface area contributed by atoms with E-state index in [1.54, 1.807) is 0 Å². The zero-order chi connectivity index (χ0) is 43.2. The van der Waals surface area contributed by atoms with Gasteiger partial charge in [-0.25, -0.2) is 0 Å². The fourth-order valence-electron chi connectivity index (χ4n) is 7.40. The van der Waals surface area contributed by atoms with Crippen molar-refractivity contribution in [3.8, 4) is 0 Å². The van der Waals surface area contributed by atoms with Crippen LogP contribution in [0.25, 0.3) is 0 Å². The highest BCUT2D eigenvalue weighted by Crippen LogP contribution is 2.42. The van der Waals surface area contributed by atoms with E-state index in [-0.39, 0.29) is 53.8 Å². The van der Waals surface area contributed by atoms with Crippen LogP contribution in [0.5, 0.6) is 0 Å². The van der Waals surface area contributed by atoms with Crippen LogP contribution in [0.2, 0.25) is 0 Å². The first kappa shape index (κ1) is 53.1. The molecule has 1 rings (SSSR count). The molecular formula is C51H80O8. The number of esters is 4. The number of unbranched alkanes of at least 4 members (excludes halogenated alkanes) is 6. The number of ether oxygens (including phenoxy) is 4. The van der Waals surface area contributed by atoms with Gasteiger partial charge in [0.2, 0.25) is 0 Å². The van der Waals surface area contributed by atoms with E-state index in [9.17, 15) is 19.2 Å². The maximum Gasteiger partial charge on any atom is 0.305 e. The Kier molecular flexibility index (Phi) is 33.4. The zero-order valence-corrected chi connectivity index (χ0v) is 37.5. The Bertz CT molecular complexity index is 1330. The number of carbonyl (C=O) groups excluding carboxylic acids is 4. The predicted molar refractivity (Wildman–Crippen MR) is 241 cm³/mol. The molecule has 0 heterocycles. The summed E-state index contributed by atoms with van der Waals surface area (Å²) in [6, 6.07) is 0. The summed E-state index contributed by atoms with van der Waals surface area (Å²) in [6.07, 6.45) is 48.7. The van der Waals surface area contributed by atoms with Crippen molar-refractivity contribution in [1.29, 1.82) is 0 Å². The summed E-state index contributed by atoms with van der Waals surface area (Å²) in [5, 5.41) is 0. The molecule has 8 nitrogen and oxygen atoms in total. The Morgan fingerprint density at radius 3 is 1.63 bits per heavy atom. The smallest absolute Gasteiger partial charge is 0.305 e. The highest BCUT2D eigenvalue weighted by atomic mass is 16.6. The quantitative estimate of drug-likeness (QED) is 0.0273. The van der Waals surface area contributed by atoms with E-state index in [0.717, 1.165) is 89.9 Å². The molecule has 0 aromatic carbocycles. The fourth-order valence-corrected chi connectivity index (χ4v) is 7.40. The molecule has 1 aliphatic carbocycles. The number of carbonyl (C=O) groups is 4. The molecule has 0 N–H and O–H groups in total. The standard InChI is InChI=1S/C51H80O8/c1-6-8-10-12-13-14-15-16-17-18-19-20-21-22-23-24-25-26-30-34-40-56-51(55)37-33-29-28-32-36-47-48(50(59-45(5)54)41-49(47)58-44(4)53)39-38-46(42-57-43(3)52)35-31-27-11-9-7-2/h8,10,13-14,16-17,19-20,22-23,25-26,28,32,46-50H,6-7,9,11-12,15,18,21,24,27,29-31,33-42H2,1-5H3/b10-8-,14-13-,17-16-,20-19-,23-22-,26-25-,32-28-/t46-,47+,48+,49-,50+/m0/s1. The lowest BCUT2D eigenvalue weighted by Gasteiger charge is -2.27. The van der Waals surface area contributed by atoms with Crippen molar-refractivity contribution in [3.63, 3.8) is 0 Å². The molecule has 0 bridgehead atoms. The summed E-state index contributed by atoms with van der Waals surface area (Å²) in [5.74, 6) is -0.917. The lowest BCUT2D eigenvalue weighted by atomic mass is 9.83. The highest BCUT2D eigenvalue weighted by molar-refractivity contribution is 5.69. The third-order valence-electron chi connectivity index (χ3n) is 10.5. The molecule has 0 aliphatic heterocycles. The van der Waals surface area contributed by atoms with Gasteiger partial charge in [-0.15, -0.1) is 0 Å². The third-order valence-corrected chi connectivity index (χ3v) is 10.5. The van der Waals surface area contributed by atoms with Crippen LogP contribution < -0.4 is 0 Å². The topological polar surface area (TPSA) is 105 Å². The van der Waals surface area contributed by atoms with E-state index in [4.69, 9.17) is 18.9 Å². The van der Waals surface area contributed by atoms with Gasteiger partial charge < -0.3 is 18.9 Å². The van der Waals surface area contributed by atoms with Crippen molar-refractivity contribution in [2.24, 2.45) is 17.8 Å². The molecule has 5 atom stereocenters. The molecule has 0 saturated heterocycles. The van der Waals surface area contributed by atoms with E-state index in [2.05, 4.69) is 98.9 Å². The molecule has 59 heavy (non-hydrogen) atoms. The van der Waals surface area contributed by atoms with Crippen LogP contribution >= 0.6 is 0 Å². The summed E-state index contributed by atoms with van der Waals surface area (Å²) in [4.78, 5) is 48.1. The molecule has 1 saturated carbocycles. The minimum absolute atomic E-state index is 0.00967. The van der Waals surface area contributed by atoms with Crippen molar-refractivity contribution in [3.05, 3.63) is 85.1 Å². The van der Waals surface area contributed by atoms with Crippen LogP contribution in [0, 0.1) is 17.8 Å². The molecule has 332 valence electrons. The second-order valence-electron chi connectivity index (χ2n) is 15.7. The second kappa shape index (κ2) is 37.1. The average Bonchev–Trinajstić information content (AvgIpc) is 3.50. The molecule has 0 aromatic rings. The van der Waals surface area contributed by atoms with Gasteiger partial charge in [-0.3, -0.25) is 19.2 Å². The Balaban J connectivity index is 2.42. The fraction of sp³-hybridized carbons (Fsp3) is 0.647. The van der Waals surface area contributed by atoms with Crippen LogP contribution in [0.3, 0.4) is 0 Å². The molecule has 0 radical (unpaired) electrons. The minimum atomic E-state index is -0.352. The highest BCUT2D eigenvalue weighted by Gasteiger charge is 2.46. The van der Waals surface area contributed by atoms with Crippen molar-refractivity contribution in [2.45, 2.75) is 182 Å². The van der Waals surface area contributed by atoms with Gasteiger partial charge >= 0.3 is 23.9 Å². The molecule has 0 aromatic heterocycles. The minimum Gasteiger partial charge on any atom is -0.466 e. The summed E-state index contributed by atoms with van der Waals surface area (Å²) in [6.45, 7) is 9.44. The van der Waals surface area contributed by atoms with Gasteiger partial charge in [-0.05, 0) is 95.8 Å². The monoisotopic (exact) mass is 821 g/mol. The second-order valence-corrected chi connectivity index (χ2v) is 15.7. The number of hydrogen-bond acceptors (Lipinski definition) is 8. The van der Waals surface area contributed by atoms with Gasteiger partial charge in [0.15, 0.2) is 0 Å². The van der Waals surface area contributed by atoms with Crippen molar-refractivity contribution < 1.29 is 38.1 Å². The van der Waals surface area contributed by atoms with Gasteiger partial charge in [0.05, 0.1) is 13.2 Å². The Morgan fingerprint density at radius 2 is 1.07 bits per heavy atom. The van der Waals surface area contributed by atoms with E-state index in [1.165, 1.54) is 40.0 Å². The zero-order valence-electron chi connectivity index (χ0n) is 37.5. The Labute approximate surface area is 358 Å². The van der Waals surface area contributed by atoms with Gasteiger partial charge in [-0.1, -0.05) is 131 Å². The van der Waals surface area contributed by atoms with Crippen molar-refractivity contribution in [1.82, 2.24) is 0 Å². The normalized spacial score (nSPS) is 19.1. The maximum absolute atomic E-state index is 12.3. The van der Waals surface area contributed by atoms with Crippen LogP contribution in [0.15, 0.2) is 85.1 Å². The van der Waals surface area contributed by atoms with E-state index < -0.39 is 0 Å². The third kappa shape index (κ3) is 30.7. The molecule has 1 fully saturated rings. The Hall–Kier alpha value is -3.94. The lowest BCUT2D eigenvalue weighted by Crippen LogP contribution is -2.27. The first-order valence-corrected chi connectivity index (χ1v) is 22.9. The molecule has 1 aliphatic rings. The maximum atomic E-state index is 12.3. The average molecular weight is 821 g/mol. The lowest BCUT2D eigenvalue weighted by molar-refractivity contribution is -0.150. The van der Waals surface area contributed by atoms with Gasteiger partial charge in [0.25, 0.3) is 0 Å². The number of hydrogen-bond donors (Lipinski definition) is 0. The first-order chi connectivity index (χ1) is 28.7. The Morgan fingerprint density at radius 1 is 0.542 bits per heavy atom. The first-order valence-electron chi connectivity index (χ1n) is 22.9. The van der Waals surface area contributed by atoms with E-state index >= 15 is 0 Å². The van der Waals surface area contributed by atoms with Crippen LogP contribution in [-0.2, 0) is 38.1 Å². The van der Waals surface area contributed by atoms with Crippen LogP contribution in [0.4, 0.5) is 0 Å². The summed E-state index contributed by atoms with van der Waals surface area (Å²) in [5.41, 5.74) is 0.